The summed E-state index contributed by atoms with van der Waals surface area (Å²) in [6, 6.07) is 0. The first kappa shape index (κ1) is 33.7. The van der Waals surface area contributed by atoms with Gasteiger partial charge in [-0.05, 0) is 78.7 Å². The van der Waals surface area contributed by atoms with Crippen LogP contribution in [-0.4, -0.2) is 103 Å². The smallest absolute Gasteiger partial charge is 0.305 e. The summed E-state index contributed by atoms with van der Waals surface area (Å²) in [4.78, 5) is 25.3. The lowest BCUT2D eigenvalue weighted by Crippen LogP contribution is -2.23. The zero-order valence-electron chi connectivity index (χ0n) is 22.7. The number of esters is 2. The summed E-state index contributed by atoms with van der Waals surface area (Å²) in [7, 11) is 4.09. The third-order valence-corrected chi connectivity index (χ3v) is 5.21. The average molecular weight is 504 g/mol. The van der Waals surface area contributed by atoms with Crippen LogP contribution in [0.25, 0.3) is 0 Å². The zero-order chi connectivity index (χ0) is 25.8. The molecule has 0 saturated heterocycles. The third-order valence-electron chi connectivity index (χ3n) is 5.21. The second kappa shape index (κ2) is 27.3. The van der Waals surface area contributed by atoms with E-state index in [2.05, 4.69) is 22.5 Å². The van der Waals surface area contributed by atoms with E-state index in [-0.39, 0.29) is 11.9 Å². The molecule has 208 valence electrons. The van der Waals surface area contributed by atoms with E-state index in [0.717, 1.165) is 84.1 Å². The van der Waals surface area contributed by atoms with Crippen LogP contribution in [0.15, 0.2) is 0 Å². The van der Waals surface area contributed by atoms with E-state index < -0.39 is 0 Å². The van der Waals surface area contributed by atoms with Crippen LogP contribution in [-0.2, 0) is 28.5 Å². The number of rotatable bonds is 27. The SMILES string of the molecule is CCCCOC(=O)CCCCNCCOCCOCCNCCCCC(=O)OCCCCN(C)C. The molecule has 0 rings (SSSR count). The fourth-order valence-electron chi connectivity index (χ4n) is 3.09. The molecule has 35 heavy (non-hydrogen) atoms. The standard InChI is InChI=1S/C26H53N3O6/c1-4-5-19-34-25(30)12-6-8-14-27-16-21-32-23-24-33-22-17-28-15-9-7-13-26(31)35-20-11-10-18-29(2)3/h27-28H,4-24H2,1-3H3. The molecule has 0 aliphatic carbocycles. The van der Waals surface area contributed by atoms with E-state index in [0.29, 0.717) is 52.5 Å². The number of unbranched alkanes of at least 4 members (excludes halogenated alkanes) is 4. The Hall–Kier alpha value is -1.26. The second-order valence-corrected chi connectivity index (χ2v) is 8.94. The number of nitrogens with zero attached hydrogens (tertiary/aromatic N) is 1. The molecule has 2 N–H and O–H groups in total. The molecule has 9 heteroatoms. The fraction of sp³-hybridized carbons (Fsp3) is 0.923. The maximum atomic E-state index is 11.7. The van der Waals surface area contributed by atoms with Crippen LogP contribution in [0.1, 0.15) is 71.1 Å². The summed E-state index contributed by atoms with van der Waals surface area (Å²) >= 11 is 0. The molecule has 0 fully saturated rings. The molecule has 0 spiro atoms. The van der Waals surface area contributed by atoms with Crippen molar-refractivity contribution in [3.05, 3.63) is 0 Å². The topological polar surface area (TPSA) is 98.4 Å². The van der Waals surface area contributed by atoms with Crippen molar-refractivity contribution in [2.75, 3.05) is 86.5 Å². The highest BCUT2D eigenvalue weighted by molar-refractivity contribution is 5.69. The van der Waals surface area contributed by atoms with Gasteiger partial charge in [0.1, 0.15) is 0 Å². The van der Waals surface area contributed by atoms with Crippen molar-refractivity contribution in [2.24, 2.45) is 0 Å². The van der Waals surface area contributed by atoms with Gasteiger partial charge in [-0.25, -0.2) is 0 Å². The van der Waals surface area contributed by atoms with Crippen LogP contribution in [0.5, 0.6) is 0 Å². The Bertz CT molecular complexity index is 480. The van der Waals surface area contributed by atoms with Gasteiger partial charge in [-0.2, -0.15) is 0 Å². The molecule has 0 unspecified atom stereocenters. The minimum atomic E-state index is -0.0897. The maximum absolute atomic E-state index is 11.7. The highest BCUT2D eigenvalue weighted by Gasteiger charge is 2.03. The molecule has 0 atom stereocenters. The lowest BCUT2D eigenvalue weighted by Gasteiger charge is -2.09. The molecule has 0 heterocycles. The molecular weight excluding hydrogens is 450 g/mol. The Morgan fingerprint density at radius 3 is 1.60 bits per heavy atom. The second-order valence-electron chi connectivity index (χ2n) is 8.94. The van der Waals surface area contributed by atoms with E-state index in [1.54, 1.807) is 0 Å². The van der Waals surface area contributed by atoms with Gasteiger partial charge in [0.05, 0.1) is 39.6 Å². The van der Waals surface area contributed by atoms with Crippen molar-refractivity contribution >= 4 is 11.9 Å². The summed E-state index contributed by atoms with van der Waals surface area (Å²) in [6.45, 7) is 10.0. The van der Waals surface area contributed by atoms with Gasteiger partial charge in [-0.3, -0.25) is 9.59 Å². The molecule has 0 saturated carbocycles. The van der Waals surface area contributed by atoms with Crippen molar-refractivity contribution in [3.8, 4) is 0 Å². The maximum Gasteiger partial charge on any atom is 0.305 e. The van der Waals surface area contributed by atoms with Crippen molar-refractivity contribution in [2.45, 2.75) is 71.1 Å². The van der Waals surface area contributed by atoms with Gasteiger partial charge in [-0.15, -0.1) is 0 Å². The van der Waals surface area contributed by atoms with Crippen LogP contribution in [0.4, 0.5) is 0 Å². The predicted molar refractivity (Wildman–Crippen MR) is 140 cm³/mol. The highest BCUT2D eigenvalue weighted by atomic mass is 16.5. The Morgan fingerprint density at radius 1 is 0.600 bits per heavy atom. The minimum Gasteiger partial charge on any atom is -0.466 e. The van der Waals surface area contributed by atoms with Gasteiger partial charge in [0.2, 0.25) is 0 Å². The summed E-state index contributed by atoms with van der Waals surface area (Å²) < 4.78 is 21.5. The first-order valence-electron chi connectivity index (χ1n) is 13.6. The van der Waals surface area contributed by atoms with Crippen LogP contribution in [0.3, 0.4) is 0 Å². The van der Waals surface area contributed by atoms with Crippen LogP contribution in [0, 0.1) is 0 Å². The number of carbonyl (C=O) groups excluding carboxylic acids is 2. The van der Waals surface area contributed by atoms with Gasteiger partial charge in [-0.1, -0.05) is 13.3 Å². The highest BCUT2D eigenvalue weighted by Crippen LogP contribution is 2.00. The van der Waals surface area contributed by atoms with Crippen LogP contribution < -0.4 is 10.6 Å². The van der Waals surface area contributed by atoms with Crippen molar-refractivity contribution in [3.63, 3.8) is 0 Å². The Kier molecular flexibility index (Phi) is 26.3. The molecule has 0 aliphatic rings. The van der Waals surface area contributed by atoms with E-state index >= 15 is 0 Å². The largest absolute Gasteiger partial charge is 0.466 e. The molecular formula is C26H53N3O6. The minimum absolute atomic E-state index is 0.0870. The number of hydrogen-bond acceptors (Lipinski definition) is 9. The number of hydrogen-bond donors (Lipinski definition) is 2. The van der Waals surface area contributed by atoms with Crippen molar-refractivity contribution in [1.29, 1.82) is 0 Å². The quantitative estimate of drug-likeness (QED) is 0.129. The lowest BCUT2D eigenvalue weighted by molar-refractivity contribution is -0.144. The Labute approximate surface area is 213 Å². The first-order valence-corrected chi connectivity index (χ1v) is 13.6. The Balaban J connectivity index is 3.17. The molecule has 0 aliphatic heterocycles. The molecule has 0 amide bonds. The molecule has 0 bridgehead atoms. The molecule has 0 aromatic rings. The van der Waals surface area contributed by atoms with Crippen molar-refractivity contribution in [1.82, 2.24) is 15.5 Å². The monoisotopic (exact) mass is 503 g/mol. The molecule has 9 nitrogen and oxygen atoms in total. The summed E-state index contributed by atoms with van der Waals surface area (Å²) in [6.07, 6.45) is 8.56. The third kappa shape index (κ3) is 28.9. The van der Waals surface area contributed by atoms with Gasteiger partial charge in [0, 0.05) is 25.9 Å². The molecule has 0 aromatic carbocycles. The summed E-state index contributed by atoms with van der Waals surface area (Å²) in [5.74, 6) is -0.177. The number of ether oxygens (including phenoxy) is 4. The predicted octanol–water partition coefficient (Wildman–Crippen LogP) is 2.77. The van der Waals surface area contributed by atoms with Gasteiger partial charge in [0.25, 0.3) is 0 Å². The van der Waals surface area contributed by atoms with E-state index in [1.165, 1.54) is 0 Å². The average Bonchev–Trinajstić information content (AvgIpc) is 2.83. The van der Waals surface area contributed by atoms with E-state index in [1.807, 2.05) is 14.1 Å². The molecule has 0 radical (unpaired) electrons. The molecule has 0 aromatic heterocycles. The van der Waals surface area contributed by atoms with Gasteiger partial charge < -0.3 is 34.5 Å². The van der Waals surface area contributed by atoms with Crippen molar-refractivity contribution < 1.29 is 28.5 Å². The summed E-state index contributed by atoms with van der Waals surface area (Å²) in [5.41, 5.74) is 0. The lowest BCUT2D eigenvalue weighted by atomic mass is 10.2. The van der Waals surface area contributed by atoms with Crippen LogP contribution >= 0.6 is 0 Å². The number of nitrogens with one attached hydrogen (secondary N) is 2. The van der Waals surface area contributed by atoms with E-state index in [4.69, 9.17) is 18.9 Å². The van der Waals surface area contributed by atoms with Gasteiger partial charge in [0.15, 0.2) is 0 Å². The first-order chi connectivity index (χ1) is 17.1. The van der Waals surface area contributed by atoms with E-state index in [9.17, 15) is 9.59 Å². The normalized spacial score (nSPS) is 11.2. The Morgan fingerprint density at radius 2 is 1.11 bits per heavy atom. The zero-order valence-corrected chi connectivity index (χ0v) is 22.7. The van der Waals surface area contributed by atoms with Gasteiger partial charge >= 0.3 is 11.9 Å². The van der Waals surface area contributed by atoms with Crippen LogP contribution in [0.2, 0.25) is 0 Å². The summed E-state index contributed by atoms with van der Waals surface area (Å²) in [5, 5.41) is 6.64. The fourth-order valence-corrected chi connectivity index (χ4v) is 3.09. The number of carbonyl (C=O) groups is 2.